The molecule has 0 aliphatic carbocycles. The molecule has 1 aromatic carbocycles. The van der Waals surface area contributed by atoms with Gasteiger partial charge in [0.15, 0.2) is 0 Å². The van der Waals surface area contributed by atoms with Crippen LogP contribution >= 0.6 is 0 Å². The second-order valence-corrected chi connectivity index (χ2v) is 10.1. The van der Waals surface area contributed by atoms with Gasteiger partial charge in [0, 0.05) is 6.42 Å². The van der Waals surface area contributed by atoms with Gasteiger partial charge in [-0.25, -0.2) is 0 Å². The van der Waals surface area contributed by atoms with Crippen LogP contribution in [0.1, 0.15) is 12.0 Å². The van der Waals surface area contributed by atoms with Crippen LogP contribution in [0.2, 0.25) is 19.6 Å². The molecule has 0 fully saturated rings. The van der Waals surface area contributed by atoms with Crippen molar-refractivity contribution in [3.05, 3.63) is 35.9 Å². The minimum Gasteiger partial charge on any atom is -0.380 e. The molecule has 18 heavy (non-hydrogen) atoms. The summed E-state index contributed by atoms with van der Waals surface area (Å²) in [5.41, 5.74) is 4.32. The lowest BCUT2D eigenvalue weighted by atomic mass is 10.2. The minimum absolute atomic E-state index is 0.538. The number of hydrogen-bond donors (Lipinski definition) is 1. The zero-order valence-electron chi connectivity index (χ0n) is 11.4. The van der Waals surface area contributed by atoms with Gasteiger partial charge in [0.25, 0.3) is 0 Å². The van der Waals surface area contributed by atoms with E-state index in [9.17, 15) is 5.11 Å². The van der Waals surface area contributed by atoms with Crippen LogP contribution in [0.3, 0.4) is 0 Å². The molecule has 0 aliphatic rings. The number of rotatable bonds is 5. The topological polar surface area (TPSA) is 29.5 Å². The van der Waals surface area contributed by atoms with E-state index in [1.54, 1.807) is 0 Å². The SMILES string of the molecule is C[Si](C)(C)C#C[C@@H](O)CCOCc1ccccc1. The van der Waals surface area contributed by atoms with E-state index in [0.717, 1.165) is 5.56 Å². The van der Waals surface area contributed by atoms with Crippen molar-refractivity contribution >= 4 is 8.07 Å². The van der Waals surface area contributed by atoms with E-state index in [4.69, 9.17) is 4.74 Å². The summed E-state index contributed by atoms with van der Waals surface area (Å²) in [4.78, 5) is 0. The Balaban J connectivity index is 2.20. The van der Waals surface area contributed by atoms with Gasteiger partial charge in [0.2, 0.25) is 0 Å². The van der Waals surface area contributed by atoms with E-state index in [1.807, 2.05) is 30.3 Å². The zero-order valence-corrected chi connectivity index (χ0v) is 12.4. The molecule has 0 heterocycles. The highest BCUT2D eigenvalue weighted by Gasteiger charge is 2.08. The van der Waals surface area contributed by atoms with Gasteiger partial charge >= 0.3 is 0 Å². The molecule has 0 unspecified atom stereocenters. The van der Waals surface area contributed by atoms with Crippen molar-refractivity contribution < 1.29 is 9.84 Å². The molecule has 0 saturated carbocycles. The smallest absolute Gasteiger partial charge is 0.129 e. The number of aliphatic hydroxyl groups excluding tert-OH is 1. The van der Waals surface area contributed by atoms with E-state index in [2.05, 4.69) is 31.1 Å². The van der Waals surface area contributed by atoms with Gasteiger partial charge in [-0.1, -0.05) is 55.9 Å². The summed E-state index contributed by atoms with van der Waals surface area (Å²) in [7, 11) is -1.38. The van der Waals surface area contributed by atoms with Gasteiger partial charge in [0.05, 0.1) is 13.2 Å². The molecule has 1 N–H and O–H groups in total. The first-order valence-corrected chi connectivity index (χ1v) is 9.80. The predicted octanol–water partition coefficient (Wildman–Crippen LogP) is 2.84. The maximum absolute atomic E-state index is 9.68. The predicted molar refractivity (Wildman–Crippen MR) is 77.8 cm³/mol. The van der Waals surface area contributed by atoms with Gasteiger partial charge in [-0.2, -0.15) is 0 Å². The third-order valence-electron chi connectivity index (χ3n) is 2.26. The molecule has 0 aliphatic heterocycles. The van der Waals surface area contributed by atoms with E-state index in [0.29, 0.717) is 19.6 Å². The summed E-state index contributed by atoms with van der Waals surface area (Å²) in [5, 5.41) is 9.68. The molecule has 1 atom stereocenters. The van der Waals surface area contributed by atoms with Gasteiger partial charge in [0.1, 0.15) is 14.2 Å². The molecule has 0 radical (unpaired) electrons. The molecule has 1 aromatic rings. The molecule has 0 spiro atoms. The molecule has 98 valence electrons. The molecule has 2 nitrogen and oxygen atoms in total. The van der Waals surface area contributed by atoms with Crippen LogP contribution < -0.4 is 0 Å². The van der Waals surface area contributed by atoms with Crippen molar-refractivity contribution in [2.24, 2.45) is 0 Å². The summed E-state index contributed by atoms with van der Waals surface area (Å²) in [6.07, 6.45) is 0.0112. The molecular formula is C15H22O2Si. The highest BCUT2D eigenvalue weighted by molar-refractivity contribution is 6.83. The Kier molecular flexibility index (Phi) is 6.13. The number of aliphatic hydroxyl groups is 1. The fraction of sp³-hybridized carbons (Fsp3) is 0.467. The molecule has 3 heteroatoms. The Morgan fingerprint density at radius 1 is 1.22 bits per heavy atom. The van der Waals surface area contributed by atoms with Gasteiger partial charge in [-0.3, -0.25) is 0 Å². The highest BCUT2D eigenvalue weighted by Crippen LogP contribution is 2.02. The van der Waals surface area contributed by atoms with Crippen LogP contribution in [-0.2, 0) is 11.3 Å². The zero-order chi connectivity index (χ0) is 13.4. The Bertz CT molecular complexity index is 398. The summed E-state index contributed by atoms with van der Waals surface area (Å²) < 4.78 is 5.51. The fourth-order valence-electron chi connectivity index (χ4n) is 1.33. The van der Waals surface area contributed by atoms with Crippen molar-refractivity contribution in [2.75, 3.05) is 6.61 Å². The molecule has 1 rings (SSSR count). The van der Waals surface area contributed by atoms with Crippen molar-refractivity contribution in [3.63, 3.8) is 0 Å². The summed E-state index contributed by atoms with van der Waals surface area (Å²) in [6.45, 7) is 7.63. The van der Waals surface area contributed by atoms with Gasteiger partial charge in [-0.15, -0.1) is 5.54 Å². The summed E-state index contributed by atoms with van der Waals surface area (Å²) in [6, 6.07) is 10.0. The van der Waals surface area contributed by atoms with Crippen LogP contribution in [0.5, 0.6) is 0 Å². The van der Waals surface area contributed by atoms with Crippen LogP contribution in [0.15, 0.2) is 30.3 Å². The third-order valence-corrected chi connectivity index (χ3v) is 3.16. The Labute approximate surface area is 111 Å². The number of benzene rings is 1. The standard InChI is InChI=1S/C15H22O2Si/c1-18(2,3)12-10-15(16)9-11-17-13-14-7-5-4-6-8-14/h4-8,15-16H,9,11,13H2,1-3H3/t15-/m0/s1. The lowest BCUT2D eigenvalue weighted by Gasteiger charge is -2.07. The van der Waals surface area contributed by atoms with Crippen LogP contribution in [0, 0.1) is 11.5 Å². The fourth-order valence-corrected chi connectivity index (χ4v) is 1.93. The number of hydrogen-bond acceptors (Lipinski definition) is 2. The Morgan fingerprint density at radius 2 is 1.89 bits per heavy atom. The molecule has 0 amide bonds. The first-order chi connectivity index (χ1) is 8.47. The average Bonchev–Trinajstić information content (AvgIpc) is 2.33. The largest absolute Gasteiger partial charge is 0.380 e. The van der Waals surface area contributed by atoms with Crippen molar-refractivity contribution in [1.82, 2.24) is 0 Å². The van der Waals surface area contributed by atoms with Crippen LogP contribution in [-0.4, -0.2) is 25.9 Å². The van der Waals surface area contributed by atoms with Crippen LogP contribution in [0.4, 0.5) is 0 Å². The second kappa shape index (κ2) is 7.37. The molecule has 0 aromatic heterocycles. The lowest BCUT2D eigenvalue weighted by Crippen LogP contribution is -2.18. The van der Waals surface area contributed by atoms with E-state index >= 15 is 0 Å². The summed E-state index contributed by atoms with van der Waals surface area (Å²) in [5.74, 6) is 2.91. The van der Waals surface area contributed by atoms with Crippen LogP contribution in [0.25, 0.3) is 0 Å². The quantitative estimate of drug-likeness (QED) is 0.502. The Morgan fingerprint density at radius 3 is 2.50 bits per heavy atom. The summed E-state index contributed by atoms with van der Waals surface area (Å²) >= 11 is 0. The first kappa shape index (κ1) is 15.0. The monoisotopic (exact) mass is 262 g/mol. The van der Waals surface area contributed by atoms with Gasteiger partial charge in [-0.05, 0) is 5.56 Å². The maximum atomic E-state index is 9.68. The normalized spacial score (nSPS) is 12.7. The first-order valence-electron chi connectivity index (χ1n) is 6.30. The van der Waals surface area contributed by atoms with Crippen molar-refractivity contribution in [1.29, 1.82) is 0 Å². The molecular weight excluding hydrogens is 240 g/mol. The highest BCUT2D eigenvalue weighted by atomic mass is 28.3. The van der Waals surface area contributed by atoms with E-state index in [1.165, 1.54) is 0 Å². The third kappa shape index (κ3) is 7.28. The molecule has 0 bridgehead atoms. The maximum Gasteiger partial charge on any atom is 0.129 e. The average molecular weight is 262 g/mol. The number of ether oxygens (including phenoxy) is 1. The second-order valence-electron chi connectivity index (χ2n) is 5.36. The lowest BCUT2D eigenvalue weighted by molar-refractivity contribution is 0.0907. The van der Waals surface area contributed by atoms with E-state index < -0.39 is 14.2 Å². The van der Waals surface area contributed by atoms with Crippen molar-refractivity contribution in [2.45, 2.75) is 38.8 Å². The van der Waals surface area contributed by atoms with Crippen molar-refractivity contribution in [3.8, 4) is 11.5 Å². The molecule has 0 saturated heterocycles. The minimum atomic E-state index is -1.38. The van der Waals surface area contributed by atoms with E-state index in [-0.39, 0.29) is 0 Å². The van der Waals surface area contributed by atoms with Gasteiger partial charge < -0.3 is 9.84 Å². The Hall–Kier alpha value is -1.08.